The summed E-state index contributed by atoms with van der Waals surface area (Å²) in [6, 6.07) is 19.5. The van der Waals surface area contributed by atoms with Crippen LogP contribution >= 0.6 is 22.9 Å². The van der Waals surface area contributed by atoms with Crippen molar-refractivity contribution in [1.82, 2.24) is 4.98 Å². The van der Waals surface area contributed by atoms with Crippen LogP contribution in [0.4, 0.5) is 11.4 Å². The molecule has 0 bridgehead atoms. The summed E-state index contributed by atoms with van der Waals surface area (Å²) in [6.07, 6.45) is 1.77. The molecule has 0 spiro atoms. The molecule has 7 heteroatoms. The second kappa shape index (κ2) is 9.97. The maximum Gasteiger partial charge on any atom is 0.197 e. The summed E-state index contributed by atoms with van der Waals surface area (Å²) in [5, 5.41) is 10.0. The summed E-state index contributed by atoms with van der Waals surface area (Å²) in [5.41, 5.74) is 3.91. The lowest BCUT2D eigenvalue weighted by atomic mass is 10.1. The molecule has 0 saturated heterocycles. The van der Waals surface area contributed by atoms with E-state index in [0.717, 1.165) is 48.0 Å². The maximum atomic E-state index is 13.2. The summed E-state index contributed by atoms with van der Waals surface area (Å²) in [6.45, 7) is 4.44. The Morgan fingerprint density at radius 1 is 0.941 bits per heavy atom. The SMILES string of the molecule is Cc1ccc(NCCOCCNc2ccnc3cc(Cl)ccc23)c2c(=O)c3ccccc3sc12. The van der Waals surface area contributed by atoms with Crippen LogP contribution in [-0.2, 0) is 4.74 Å². The zero-order valence-electron chi connectivity index (χ0n) is 18.7. The first kappa shape index (κ1) is 22.6. The number of halogens is 1. The van der Waals surface area contributed by atoms with E-state index >= 15 is 0 Å². The van der Waals surface area contributed by atoms with Crippen molar-refractivity contribution in [1.29, 1.82) is 0 Å². The van der Waals surface area contributed by atoms with Crippen LogP contribution < -0.4 is 16.1 Å². The monoisotopic (exact) mass is 489 g/mol. The van der Waals surface area contributed by atoms with Gasteiger partial charge in [-0.2, -0.15) is 0 Å². The van der Waals surface area contributed by atoms with Crippen molar-refractivity contribution >= 4 is 65.4 Å². The number of hydrogen-bond donors (Lipinski definition) is 2. The number of nitrogens with one attached hydrogen (secondary N) is 2. The van der Waals surface area contributed by atoms with Gasteiger partial charge < -0.3 is 15.4 Å². The van der Waals surface area contributed by atoms with Gasteiger partial charge in [0.2, 0.25) is 0 Å². The van der Waals surface area contributed by atoms with Crippen LogP contribution in [0, 0.1) is 6.92 Å². The summed E-state index contributed by atoms with van der Waals surface area (Å²) in [4.78, 5) is 17.6. The molecule has 0 aliphatic heterocycles. The molecule has 0 amide bonds. The highest BCUT2D eigenvalue weighted by atomic mass is 35.5. The van der Waals surface area contributed by atoms with Crippen LogP contribution in [0.15, 0.2) is 71.7 Å². The van der Waals surface area contributed by atoms with Crippen molar-refractivity contribution in [3.8, 4) is 0 Å². The molecule has 5 aromatic rings. The van der Waals surface area contributed by atoms with Crippen molar-refractivity contribution in [2.75, 3.05) is 36.9 Å². The lowest BCUT2D eigenvalue weighted by Gasteiger charge is -2.13. The van der Waals surface area contributed by atoms with Crippen LogP contribution in [-0.4, -0.2) is 31.3 Å². The van der Waals surface area contributed by atoms with Gasteiger partial charge in [0.1, 0.15) is 0 Å². The van der Waals surface area contributed by atoms with Crippen LogP contribution in [0.25, 0.3) is 31.1 Å². The highest BCUT2D eigenvalue weighted by Gasteiger charge is 2.12. The molecule has 2 aromatic heterocycles. The van der Waals surface area contributed by atoms with Gasteiger partial charge in [0.25, 0.3) is 0 Å². The first-order valence-electron chi connectivity index (χ1n) is 11.2. The fraction of sp³-hybridized carbons (Fsp3) is 0.185. The van der Waals surface area contributed by atoms with Gasteiger partial charge >= 0.3 is 0 Å². The van der Waals surface area contributed by atoms with Gasteiger partial charge in [-0.3, -0.25) is 9.78 Å². The molecule has 0 atom stereocenters. The molecule has 0 saturated carbocycles. The maximum absolute atomic E-state index is 13.2. The number of ether oxygens (including phenoxy) is 1. The van der Waals surface area contributed by atoms with E-state index in [1.807, 2.05) is 61.5 Å². The molecule has 3 aromatic carbocycles. The van der Waals surface area contributed by atoms with Crippen molar-refractivity contribution in [3.63, 3.8) is 0 Å². The Balaban J connectivity index is 1.19. The molecule has 5 rings (SSSR count). The Kier molecular flexibility index (Phi) is 6.63. The molecule has 34 heavy (non-hydrogen) atoms. The molecule has 172 valence electrons. The molecule has 2 heterocycles. The van der Waals surface area contributed by atoms with E-state index in [9.17, 15) is 4.79 Å². The number of fused-ring (bicyclic) bond motifs is 3. The molecule has 0 aliphatic rings. The first-order chi connectivity index (χ1) is 16.6. The molecular formula is C27H24ClN3O2S. The fourth-order valence-electron chi connectivity index (χ4n) is 4.07. The average molecular weight is 490 g/mol. The zero-order chi connectivity index (χ0) is 23.5. The van der Waals surface area contributed by atoms with E-state index in [2.05, 4.69) is 21.7 Å². The van der Waals surface area contributed by atoms with Gasteiger partial charge in [0.15, 0.2) is 5.43 Å². The topological polar surface area (TPSA) is 63.2 Å². The van der Waals surface area contributed by atoms with E-state index < -0.39 is 0 Å². The van der Waals surface area contributed by atoms with Gasteiger partial charge in [-0.1, -0.05) is 29.8 Å². The minimum absolute atomic E-state index is 0.0755. The predicted molar refractivity (Wildman–Crippen MR) is 145 cm³/mol. The van der Waals surface area contributed by atoms with Crippen LogP contribution in [0.2, 0.25) is 5.02 Å². The minimum atomic E-state index is 0.0755. The Morgan fingerprint density at radius 3 is 2.59 bits per heavy atom. The Bertz CT molecular complexity index is 1550. The number of rotatable bonds is 8. The van der Waals surface area contributed by atoms with Gasteiger partial charge in [-0.25, -0.2) is 0 Å². The van der Waals surface area contributed by atoms with E-state index in [4.69, 9.17) is 16.3 Å². The van der Waals surface area contributed by atoms with Gasteiger partial charge in [0.05, 0.1) is 24.1 Å². The first-order valence-corrected chi connectivity index (χ1v) is 12.4. The summed E-state index contributed by atoms with van der Waals surface area (Å²) < 4.78 is 7.85. The quantitative estimate of drug-likeness (QED) is 0.193. The lowest BCUT2D eigenvalue weighted by Crippen LogP contribution is -2.15. The summed E-state index contributed by atoms with van der Waals surface area (Å²) in [7, 11) is 0. The van der Waals surface area contributed by atoms with E-state index in [-0.39, 0.29) is 5.43 Å². The normalized spacial score (nSPS) is 11.4. The Hall–Kier alpha value is -3.19. The third-order valence-corrected chi connectivity index (χ3v) is 7.30. The molecule has 5 nitrogen and oxygen atoms in total. The number of aromatic nitrogens is 1. The number of hydrogen-bond acceptors (Lipinski definition) is 6. The van der Waals surface area contributed by atoms with E-state index in [1.54, 1.807) is 17.5 Å². The molecular weight excluding hydrogens is 466 g/mol. The van der Waals surface area contributed by atoms with E-state index in [1.165, 1.54) is 0 Å². The van der Waals surface area contributed by atoms with Crippen molar-refractivity contribution in [2.24, 2.45) is 0 Å². The molecule has 0 radical (unpaired) electrons. The molecule has 2 N–H and O–H groups in total. The Labute approximate surface area is 206 Å². The highest BCUT2D eigenvalue weighted by molar-refractivity contribution is 7.24. The smallest absolute Gasteiger partial charge is 0.197 e. The third-order valence-electron chi connectivity index (χ3n) is 5.75. The standard InChI is InChI=1S/C27H24ClN3O2S/c1-17-6-9-22(25-26(32)20-4-2-3-5-24(20)34-27(17)25)31-13-15-33-14-12-30-21-10-11-29-23-16-18(28)7-8-19(21)23/h2-11,16,31H,12-15H2,1H3,(H,29,30). The number of aryl methyl sites for hydroxylation is 1. The predicted octanol–water partition coefficient (Wildman–Crippen LogP) is 6.47. The molecule has 0 aliphatic carbocycles. The molecule has 0 unspecified atom stereocenters. The van der Waals surface area contributed by atoms with Crippen molar-refractivity contribution in [2.45, 2.75) is 6.92 Å². The minimum Gasteiger partial charge on any atom is -0.382 e. The van der Waals surface area contributed by atoms with Crippen LogP contribution in [0.1, 0.15) is 5.56 Å². The van der Waals surface area contributed by atoms with Gasteiger partial charge in [-0.05, 0) is 55.0 Å². The van der Waals surface area contributed by atoms with Crippen LogP contribution in [0.3, 0.4) is 0 Å². The summed E-state index contributed by atoms with van der Waals surface area (Å²) >= 11 is 7.73. The number of anilines is 2. The van der Waals surface area contributed by atoms with Crippen molar-refractivity contribution < 1.29 is 4.74 Å². The highest BCUT2D eigenvalue weighted by Crippen LogP contribution is 2.31. The molecule has 0 fully saturated rings. The second-order valence-corrected chi connectivity index (χ2v) is 9.54. The van der Waals surface area contributed by atoms with Crippen molar-refractivity contribution in [3.05, 3.63) is 87.7 Å². The number of pyridine rings is 1. The van der Waals surface area contributed by atoms with Gasteiger partial charge in [0, 0.05) is 55.9 Å². The largest absolute Gasteiger partial charge is 0.382 e. The number of nitrogens with zero attached hydrogens (tertiary/aromatic N) is 1. The average Bonchev–Trinajstić information content (AvgIpc) is 2.85. The number of benzene rings is 3. The van der Waals surface area contributed by atoms with Gasteiger partial charge in [-0.15, -0.1) is 11.3 Å². The van der Waals surface area contributed by atoms with Crippen LogP contribution in [0.5, 0.6) is 0 Å². The zero-order valence-corrected chi connectivity index (χ0v) is 20.3. The Morgan fingerprint density at radius 2 is 1.74 bits per heavy atom. The summed E-state index contributed by atoms with van der Waals surface area (Å²) in [5.74, 6) is 0. The fourth-order valence-corrected chi connectivity index (χ4v) is 5.41. The second-order valence-electron chi connectivity index (χ2n) is 8.05. The third kappa shape index (κ3) is 4.57. The van der Waals surface area contributed by atoms with E-state index in [0.29, 0.717) is 31.3 Å². The lowest BCUT2D eigenvalue weighted by molar-refractivity contribution is 0.154.